The van der Waals surface area contributed by atoms with Crippen LogP contribution in [-0.2, 0) is 4.74 Å². The first kappa shape index (κ1) is 13.7. The maximum absolute atomic E-state index is 6.22. The van der Waals surface area contributed by atoms with Crippen LogP contribution in [0.1, 0.15) is 6.92 Å². The van der Waals surface area contributed by atoms with E-state index in [1.165, 1.54) is 0 Å². The maximum Gasteiger partial charge on any atom is 0.159 e. The number of aromatic nitrogens is 1. The van der Waals surface area contributed by atoms with Gasteiger partial charge in [-0.1, -0.05) is 23.2 Å². The molecule has 0 spiro atoms. The van der Waals surface area contributed by atoms with Crippen molar-refractivity contribution in [2.75, 3.05) is 13.2 Å². The highest BCUT2D eigenvalue weighted by molar-refractivity contribution is 14.1. The third-order valence-electron chi connectivity index (χ3n) is 2.96. The molecule has 0 bridgehead atoms. The summed E-state index contributed by atoms with van der Waals surface area (Å²) in [6.07, 6.45) is 0. The zero-order valence-electron chi connectivity index (χ0n) is 10.0. The van der Waals surface area contributed by atoms with E-state index < -0.39 is 0 Å². The molecular formula is C13H10Cl2INO2. The number of epoxide rings is 1. The topological polar surface area (TPSA) is 34.6 Å². The van der Waals surface area contributed by atoms with Crippen LogP contribution in [0, 0.1) is 3.57 Å². The molecule has 1 aliphatic rings. The van der Waals surface area contributed by atoms with Crippen molar-refractivity contribution in [1.29, 1.82) is 0 Å². The zero-order valence-corrected chi connectivity index (χ0v) is 13.7. The second-order valence-corrected chi connectivity index (χ2v) is 6.68. The molecule has 1 aromatic carbocycles. The smallest absolute Gasteiger partial charge is 0.159 e. The van der Waals surface area contributed by atoms with Crippen LogP contribution in [0.3, 0.4) is 0 Å². The van der Waals surface area contributed by atoms with Gasteiger partial charge in [0.2, 0.25) is 0 Å². The quantitative estimate of drug-likeness (QED) is 0.430. The van der Waals surface area contributed by atoms with E-state index in [1.54, 1.807) is 6.07 Å². The summed E-state index contributed by atoms with van der Waals surface area (Å²) in [5.41, 5.74) is 0.516. The number of pyridine rings is 1. The Labute approximate surface area is 134 Å². The Morgan fingerprint density at radius 3 is 2.89 bits per heavy atom. The van der Waals surface area contributed by atoms with E-state index in [0.717, 1.165) is 15.6 Å². The van der Waals surface area contributed by atoms with E-state index in [4.69, 9.17) is 32.7 Å². The summed E-state index contributed by atoms with van der Waals surface area (Å²) >= 11 is 14.4. The maximum atomic E-state index is 6.22. The Bertz CT molecular complexity index is 659. The lowest BCUT2D eigenvalue weighted by atomic mass is 10.2. The van der Waals surface area contributed by atoms with Gasteiger partial charge in [-0.3, -0.25) is 0 Å². The minimum atomic E-state index is -0.173. The molecule has 1 unspecified atom stereocenters. The van der Waals surface area contributed by atoms with Crippen LogP contribution in [0.5, 0.6) is 5.75 Å². The van der Waals surface area contributed by atoms with E-state index in [0.29, 0.717) is 28.0 Å². The summed E-state index contributed by atoms with van der Waals surface area (Å²) < 4.78 is 12.1. The summed E-state index contributed by atoms with van der Waals surface area (Å²) in [4.78, 5) is 4.33. The molecule has 2 aromatic rings. The van der Waals surface area contributed by atoms with Crippen LogP contribution >= 0.6 is 45.8 Å². The molecule has 1 aliphatic heterocycles. The van der Waals surface area contributed by atoms with E-state index in [9.17, 15) is 0 Å². The number of hydrogen-bond donors (Lipinski definition) is 0. The molecule has 3 rings (SSSR count). The van der Waals surface area contributed by atoms with Gasteiger partial charge in [0.05, 0.1) is 15.2 Å². The molecule has 0 saturated carbocycles. The van der Waals surface area contributed by atoms with Crippen molar-refractivity contribution >= 4 is 56.7 Å². The van der Waals surface area contributed by atoms with Crippen LogP contribution in [0.25, 0.3) is 10.9 Å². The highest BCUT2D eigenvalue weighted by atomic mass is 127. The summed E-state index contributed by atoms with van der Waals surface area (Å²) in [7, 11) is 0. The van der Waals surface area contributed by atoms with E-state index in [1.807, 2.05) is 19.1 Å². The summed E-state index contributed by atoms with van der Waals surface area (Å²) in [5, 5.41) is 1.90. The molecule has 1 aromatic heterocycles. The van der Waals surface area contributed by atoms with Gasteiger partial charge >= 0.3 is 0 Å². The second kappa shape index (κ2) is 4.91. The van der Waals surface area contributed by atoms with Crippen molar-refractivity contribution < 1.29 is 9.47 Å². The zero-order chi connectivity index (χ0) is 13.6. The predicted molar refractivity (Wildman–Crippen MR) is 84.3 cm³/mol. The fraction of sp³-hybridized carbons (Fsp3) is 0.308. The van der Waals surface area contributed by atoms with Crippen molar-refractivity contribution in [3.8, 4) is 5.75 Å². The van der Waals surface area contributed by atoms with Crippen molar-refractivity contribution in [2.45, 2.75) is 12.5 Å². The first-order chi connectivity index (χ1) is 8.98. The molecule has 2 heterocycles. The van der Waals surface area contributed by atoms with E-state index in [-0.39, 0.29) is 5.60 Å². The van der Waals surface area contributed by atoms with Crippen LogP contribution in [0.15, 0.2) is 18.2 Å². The molecule has 1 saturated heterocycles. The molecule has 3 nitrogen and oxygen atoms in total. The van der Waals surface area contributed by atoms with Gasteiger partial charge in [-0.25, -0.2) is 4.98 Å². The molecule has 0 amide bonds. The molecule has 19 heavy (non-hydrogen) atoms. The lowest BCUT2D eigenvalue weighted by Gasteiger charge is -2.13. The Morgan fingerprint density at radius 2 is 2.21 bits per heavy atom. The van der Waals surface area contributed by atoms with Crippen molar-refractivity contribution in [1.82, 2.24) is 4.98 Å². The fourth-order valence-corrected chi connectivity index (χ4v) is 3.05. The number of rotatable bonds is 3. The Kier molecular flexibility index (Phi) is 3.53. The highest BCUT2D eigenvalue weighted by Crippen LogP contribution is 2.37. The Balaban J connectivity index is 2.07. The lowest BCUT2D eigenvalue weighted by Crippen LogP contribution is -2.17. The molecule has 0 N–H and O–H groups in total. The standard InChI is InChI=1S/C13H10Cl2INO2/c1-13(6-19-13)5-18-12-9(16)4-8(14)7-2-3-10(15)17-11(7)12/h2-4H,5-6H2,1H3. The summed E-state index contributed by atoms with van der Waals surface area (Å²) in [5.74, 6) is 0.708. The molecule has 100 valence electrons. The van der Waals surface area contributed by atoms with Crippen LogP contribution in [0.2, 0.25) is 10.2 Å². The fourth-order valence-electron chi connectivity index (χ4n) is 1.74. The molecule has 0 radical (unpaired) electrons. The van der Waals surface area contributed by atoms with Gasteiger partial charge in [0.1, 0.15) is 22.9 Å². The second-order valence-electron chi connectivity index (χ2n) is 4.73. The number of nitrogens with zero attached hydrogens (tertiary/aromatic N) is 1. The van der Waals surface area contributed by atoms with Crippen molar-refractivity contribution in [3.63, 3.8) is 0 Å². The number of benzene rings is 1. The van der Waals surface area contributed by atoms with Crippen LogP contribution in [0.4, 0.5) is 0 Å². The molecule has 6 heteroatoms. The van der Waals surface area contributed by atoms with E-state index in [2.05, 4.69) is 27.6 Å². The number of ether oxygens (including phenoxy) is 2. The Hall–Kier alpha value is -0.300. The molecule has 0 aliphatic carbocycles. The van der Waals surface area contributed by atoms with Crippen molar-refractivity contribution in [2.24, 2.45) is 0 Å². The summed E-state index contributed by atoms with van der Waals surface area (Å²) in [6.45, 7) is 3.23. The average molecular weight is 410 g/mol. The Morgan fingerprint density at radius 1 is 1.47 bits per heavy atom. The van der Waals surface area contributed by atoms with Gasteiger partial charge in [0.15, 0.2) is 5.75 Å². The van der Waals surface area contributed by atoms with E-state index >= 15 is 0 Å². The molecular weight excluding hydrogens is 400 g/mol. The number of hydrogen-bond acceptors (Lipinski definition) is 3. The van der Waals surface area contributed by atoms with Crippen molar-refractivity contribution in [3.05, 3.63) is 31.9 Å². The third-order valence-corrected chi connectivity index (χ3v) is 4.29. The minimum Gasteiger partial charge on any atom is -0.487 e. The van der Waals surface area contributed by atoms with Gasteiger partial charge in [-0.15, -0.1) is 0 Å². The monoisotopic (exact) mass is 409 g/mol. The molecule has 1 atom stereocenters. The summed E-state index contributed by atoms with van der Waals surface area (Å²) in [6, 6.07) is 5.44. The average Bonchev–Trinajstić information content (AvgIpc) is 3.06. The highest BCUT2D eigenvalue weighted by Gasteiger charge is 2.40. The van der Waals surface area contributed by atoms with Gasteiger partial charge in [0, 0.05) is 5.39 Å². The lowest BCUT2D eigenvalue weighted by molar-refractivity contribution is 0.203. The van der Waals surface area contributed by atoms with Gasteiger partial charge < -0.3 is 9.47 Å². The predicted octanol–water partition coefficient (Wildman–Crippen LogP) is 4.31. The molecule has 1 fully saturated rings. The van der Waals surface area contributed by atoms with Crippen LogP contribution < -0.4 is 4.74 Å². The number of halogens is 3. The van der Waals surface area contributed by atoms with Crippen LogP contribution in [-0.4, -0.2) is 23.8 Å². The minimum absolute atomic E-state index is 0.173. The third kappa shape index (κ3) is 2.77. The SMILES string of the molecule is CC1(COc2c(I)cc(Cl)c3ccc(Cl)nc23)CO1. The first-order valence-electron chi connectivity index (χ1n) is 5.69. The van der Waals surface area contributed by atoms with Gasteiger partial charge in [0.25, 0.3) is 0 Å². The normalized spacial score (nSPS) is 21.7. The van der Waals surface area contributed by atoms with Gasteiger partial charge in [-0.2, -0.15) is 0 Å². The largest absolute Gasteiger partial charge is 0.487 e. The number of fused-ring (bicyclic) bond motifs is 1. The first-order valence-corrected chi connectivity index (χ1v) is 7.53. The van der Waals surface area contributed by atoms with Gasteiger partial charge in [-0.05, 0) is 47.7 Å².